The summed E-state index contributed by atoms with van der Waals surface area (Å²) in [7, 11) is 1.34. The number of allylic oxidation sites excluding steroid dienone is 5. The molecule has 37 heavy (non-hydrogen) atoms. The van der Waals surface area contributed by atoms with Crippen LogP contribution in [0.3, 0.4) is 0 Å². The van der Waals surface area contributed by atoms with Crippen LogP contribution in [-0.2, 0) is 15.9 Å². The van der Waals surface area contributed by atoms with E-state index in [1.165, 1.54) is 12.7 Å². The lowest BCUT2D eigenvalue weighted by atomic mass is 9.88. The van der Waals surface area contributed by atoms with Gasteiger partial charge in [-0.2, -0.15) is 0 Å². The number of carbonyl (C=O) groups is 2. The first-order chi connectivity index (χ1) is 17.6. The Kier molecular flexibility index (Phi) is 8.92. The lowest BCUT2D eigenvalue weighted by Crippen LogP contribution is -2.45. The molecule has 7 heteroatoms. The SMILES string of the molecule is C=C/C=C(C)\C(=C/C)c1ccc2c(c1)CCN(C(=O)OC(C)(C)C)C2CNc1cnccc1C(=O)OC. The fraction of sp³-hybridized carbons (Fsp3) is 0.367. The van der Waals surface area contributed by atoms with E-state index < -0.39 is 11.6 Å². The van der Waals surface area contributed by atoms with Crippen molar-refractivity contribution >= 4 is 23.3 Å². The van der Waals surface area contributed by atoms with E-state index in [1.54, 1.807) is 29.4 Å². The van der Waals surface area contributed by atoms with Gasteiger partial charge in [0.2, 0.25) is 0 Å². The number of anilines is 1. The van der Waals surface area contributed by atoms with E-state index in [0.717, 1.165) is 22.3 Å². The fourth-order valence-corrected chi connectivity index (χ4v) is 4.56. The molecule has 0 fully saturated rings. The number of fused-ring (bicyclic) bond motifs is 1. The fourth-order valence-electron chi connectivity index (χ4n) is 4.56. The summed E-state index contributed by atoms with van der Waals surface area (Å²) in [6.07, 6.45) is 9.36. The minimum atomic E-state index is -0.615. The number of hydrogen-bond donors (Lipinski definition) is 1. The summed E-state index contributed by atoms with van der Waals surface area (Å²) in [5, 5.41) is 3.33. The molecule has 0 saturated carbocycles. The van der Waals surface area contributed by atoms with Crippen molar-refractivity contribution in [3.63, 3.8) is 0 Å². The topological polar surface area (TPSA) is 80.8 Å². The van der Waals surface area contributed by atoms with Crippen molar-refractivity contribution in [1.29, 1.82) is 0 Å². The Balaban J connectivity index is 1.99. The number of carbonyl (C=O) groups excluding carboxylic acids is 2. The summed E-state index contributed by atoms with van der Waals surface area (Å²) in [6.45, 7) is 14.4. The highest BCUT2D eigenvalue weighted by Gasteiger charge is 2.34. The lowest BCUT2D eigenvalue weighted by Gasteiger charge is -2.38. The molecular formula is C30H37N3O4. The molecular weight excluding hydrogens is 466 g/mol. The molecule has 1 amide bonds. The second kappa shape index (κ2) is 11.9. The van der Waals surface area contributed by atoms with Gasteiger partial charge in [0.05, 0.1) is 30.6 Å². The minimum absolute atomic E-state index is 0.308. The molecule has 1 N–H and O–H groups in total. The van der Waals surface area contributed by atoms with E-state index in [1.807, 2.05) is 33.8 Å². The number of benzene rings is 1. The lowest BCUT2D eigenvalue weighted by molar-refractivity contribution is 0.0153. The Hall–Kier alpha value is -3.87. The number of rotatable bonds is 7. The first-order valence-corrected chi connectivity index (χ1v) is 12.4. The molecule has 0 saturated heterocycles. The van der Waals surface area contributed by atoms with Crippen LogP contribution in [0.1, 0.15) is 67.7 Å². The van der Waals surface area contributed by atoms with Crippen molar-refractivity contribution in [3.8, 4) is 0 Å². The molecule has 1 aliphatic heterocycles. The molecule has 0 bridgehead atoms. The van der Waals surface area contributed by atoms with Crippen molar-refractivity contribution in [3.05, 3.63) is 89.3 Å². The first kappa shape index (κ1) is 27.7. The number of ether oxygens (including phenoxy) is 2. The Morgan fingerprint density at radius 2 is 2.03 bits per heavy atom. The smallest absolute Gasteiger partial charge is 0.410 e. The Labute approximate surface area is 219 Å². The van der Waals surface area contributed by atoms with Gasteiger partial charge in [0.1, 0.15) is 5.60 Å². The molecule has 1 aromatic heterocycles. The average Bonchev–Trinajstić information content (AvgIpc) is 2.86. The summed E-state index contributed by atoms with van der Waals surface area (Å²) in [6, 6.07) is 7.68. The molecule has 7 nitrogen and oxygen atoms in total. The molecule has 1 aromatic carbocycles. The molecule has 2 aromatic rings. The van der Waals surface area contributed by atoms with Gasteiger partial charge in [-0.05, 0) is 74.9 Å². The Morgan fingerprint density at radius 1 is 1.27 bits per heavy atom. The molecule has 1 aliphatic rings. The number of methoxy groups -OCH3 is 1. The van der Waals surface area contributed by atoms with Crippen LogP contribution in [0.2, 0.25) is 0 Å². The van der Waals surface area contributed by atoms with Crippen LogP contribution < -0.4 is 5.32 Å². The third-order valence-corrected chi connectivity index (χ3v) is 6.23. The average molecular weight is 504 g/mol. The van der Waals surface area contributed by atoms with Crippen LogP contribution in [-0.4, -0.2) is 47.7 Å². The number of esters is 1. The van der Waals surface area contributed by atoms with Crippen LogP contribution >= 0.6 is 0 Å². The number of hydrogen-bond acceptors (Lipinski definition) is 6. The maximum atomic E-state index is 13.2. The van der Waals surface area contributed by atoms with Crippen molar-refractivity contribution in [1.82, 2.24) is 9.88 Å². The Morgan fingerprint density at radius 3 is 2.68 bits per heavy atom. The van der Waals surface area contributed by atoms with E-state index in [9.17, 15) is 9.59 Å². The molecule has 1 unspecified atom stereocenters. The molecule has 0 radical (unpaired) electrons. The maximum Gasteiger partial charge on any atom is 0.410 e. The Bertz CT molecular complexity index is 1220. The molecule has 2 heterocycles. The van der Waals surface area contributed by atoms with Crippen molar-refractivity contribution in [2.24, 2.45) is 0 Å². The predicted molar refractivity (Wildman–Crippen MR) is 147 cm³/mol. The van der Waals surface area contributed by atoms with Gasteiger partial charge in [-0.25, -0.2) is 9.59 Å². The number of aromatic nitrogens is 1. The molecule has 0 spiro atoms. The van der Waals surface area contributed by atoms with E-state index in [-0.39, 0.29) is 12.1 Å². The van der Waals surface area contributed by atoms with Crippen LogP contribution in [0.4, 0.5) is 10.5 Å². The zero-order valence-corrected chi connectivity index (χ0v) is 22.6. The van der Waals surface area contributed by atoms with Gasteiger partial charge >= 0.3 is 12.1 Å². The van der Waals surface area contributed by atoms with E-state index in [4.69, 9.17) is 9.47 Å². The van der Waals surface area contributed by atoms with Crippen molar-refractivity contribution in [2.75, 3.05) is 25.5 Å². The van der Waals surface area contributed by atoms with Gasteiger partial charge in [-0.15, -0.1) is 0 Å². The van der Waals surface area contributed by atoms with Crippen molar-refractivity contribution < 1.29 is 19.1 Å². The molecule has 3 rings (SSSR count). The van der Waals surface area contributed by atoms with Crippen LogP contribution in [0.5, 0.6) is 0 Å². The van der Waals surface area contributed by atoms with Crippen LogP contribution in [0, 0.1) is 0 Å². The molecule has 1 atom stereocenters. The summed E-state index contributed by atoms with van der Waals surface area (Å²) in [5.74, 6) is -0.454. The number of pyridine rings is 1. The third kappa shape index (κ3) is 6.67. The van der Waals surface area contributed by atoms with Gasteiger partial charge in [0, 0.05) is 19.3 Å². The number of nitrogens with one attached hydrogen (secondary N) is 1. The van der Waals surface area contributed by atoms with Gasteiger partial charge < -0.3 is 14.8 Å². The van der Waals surface area contributed by atoms with E-state index in [0.29, 0.717) is 30.8 Å². The number of nitrogens with zero attached hydrogens (tertiary/aromatic N) is 2. The van der Waals surface area contributed by atoms with Crippen LogP contribution in [0.25, 0.3) is 5.57 Å². The molecule has 0 aliphatic carbocycles. The summed E-state index contributed by atoms with van der Waals surface area (Å²) in [4.78, 5) is 31.4. The zero-order valence-electron chi connectivity index (χ0n) is 22.6. The quantitative estimate of drug-likeness (QED) is 0.350. The highest BCUT2D eigenvalue weighted by atomic mass is 16.6. The van der Waals surface area contributed by atoms with E-state index in [2.05, 4.69) is 48.1 Å². The second-order valence-electron chi connectivity index (χ2n) is 9.93. The standard InChI is InChI=1S/C30H37N3O4/c1-8-10-20(3)23(9-2)21-11-12-24-22(17-21)14-16-33(29(35)37-30(4,5)6)27(24)19-32-26-18-31-15-13-25(26)28(34)36-7/h8-13,15,17-18,27,32H,1,14,16,19H2,2-7H3/b20-10-,23-9+. The van der Waals surface area contributed by atoms with Gasteiger partial charge in [0.15, 0.2) is 0 Å². The normalized spacial score (nSPS) is 16.1. The highest BCUT2D eigenvalue weighted by Crippen LogP contribution is 2.35. The van der Waals surface area contributed by atoms with Crippen LogP contribution in [0.15, 0.2) is 67.0 Å². The summed E-state index contributed by atoms with van der Waals surface area (Å²) < 4.78 is 10.7. The zero-order chi connectivity index (χ0) is 27.2. The van der Waals surface area contributed by atoms with Gasteiger partial charge in [0.25, 0.3) is 0 Å². The summed E-state index contributed by atoms with van der Waals surface area (Å²) in [5.41, 5.74) is 5.93. The monoisotopic (exact) mass is 503 g/mol. The molecule has 196 valence electrons. The number of amides is 1. The van der Waals surface area contributed by atoms with E-state index >= 15 is 0 Å². The summed E-state index contributed by atoms with van der Waals surface area (Å²) >= 11 is 0. The van der Waals surface area contributed by atoms with Crippen molar-refractivity contribution in [2.45, 2.75) is 52.7 Å². The third-order valence-electron chi connectivity index (χ3n) is 6.23. The first-order valence-electron chi connectivity index (χ1n) is 12.4. The second-order valence-corrected chi connectivity index (χ2v) is 9.93. The minimum Gasteiger partial charge on any atom is -0.465 e. The van der Waals surface area contributed by atoms with Gasteiger partial charge in [-0.1, -0.05) is 43.0 Å². The predicted octanol–water partition coefficient (Wildman–Crippen LogP) is 6.35. The largest absolute Gasteiger partial charge is 0.465 e. The van der Waals surface area contributed by atoms with Gasteiger partial charge in [-0.3, -0.25) is 9.88 Å². The maximum absolute atomic E-state index is 13.2. The highest BCUT2D eigenvalue weighted by molar-refractivity contribution is 5.95.